The fraction of sp³-hybridized carbons (Fsp3) is 0.535. The first-order chi connectivity index (χ1) is 38.0. The van der Waals surface area contributed by atoms with Crippen molar-refractivity contribution < 1.29 is 28.6 Å². The summed E-state index contributed by atoms with van der Waals surface area (Å²) in [7, 11) is 0. The van der Waals surface area contributed by atoms with E-state index in [1.807, 2.05) is 0 Å². The molecule has 77 heavy (non-hydrogen) atoms. The zero-order valence-electron chi connectivity index (χ0n) is 48.9. The molecular formula is C71H108O6. The van der Waals surface area contributed by atoms with Crippen molar-refractivity contribution in [1.82, 2.24) is 0 Å². The molecule has 0 radical (unpaired) electrons. The van der Waals surface area contributed by atoms with Crippen LogP contribution in [0.15, 0.2) is 182 Å². The molecule has 0 saturated carbocycles. The summed E-state index contributed by atoms with van der Waals surface area (Å²) >= 11 is 0. The summed E-state index contributed by atoms with van der Waals surface area (Å²) in [5, 5.41) is 0. The fourth-order valence-corrected chi connectivity index (χ4v) is 7.46. The van der Waals surface area contributed by atoms with E-state index in [0.717, 1.165) is 161 Å². The van der Waals surface area contributed by atoms with Crippen molar-refractivity contribution >= 4 is 17.9 Å². The first kappa shape index (κ1) is 71.5. The monoisotopic (exact) mass is 1060 g/mol. The van der Waals surface area contributed by atoms with E-state index in [2.05, 4.69) is 203 Å². The number of hydrogen-bond donors (Lipinski definition) is 0. The van der Waals surface area contributed by atoms with Crippen molar-refractivity contribution in [3.63, 3.8) is 0 Å². The Kier molecular flexibility index (Phi) is 58.6. The Balaban J connectivity index is 4.60. The molecular weight excluding hydrogens is 949 g/mol. The number of esters is 3. The standard InChI is InChI=1S/C71H108O6/c1-4-7-10-13-16-19-22-25-28-31-34-35-38-40-43-46-49-52-55-58-61-64-70(73)76-67-68(77-71(74)65-62-59-56-53-50-47-44-41-37-33-30-27-24-21-18-15-12-9-6-3)66-75-69(72)63-60-57-54-51-48-45-42-39-36-32-29-26-23-20-17-14-11-8-5-2/h7-12,16-21,25-30,34-37,39-41,43,47,49-50,52,68H,4-6,13-15,22-24,31-33,38,42,44-46,48,51,53-67H2,1-3H3/b10-7-,11-8-,12-9-,19-16-,20-17-,21-18-,28-25-,29-26-,30-27-,35-34-,39-36-,41-37-,43-40-,50-47-,52-49-. The van der Waals surface area contributed by atoms with Crippen molar-refractivity contribution in [2.24, 2.45) is 0 Å². The zero-order chi connectivity index (χ0) is 55.7. The second-order valence-electron chi connectivity index (χ2n) is 19.1. The number of rotatable bonds is 52. The van der Waals surface area contributed by atoms with Crippen LogP contribution < -0.4 is 0 Å². The Labute approximate surface area is 472 Å². The topological polar surface area (TPSA) is 78.9 Å². The Hall–Kier alpha value is -5.49. The molecule has 0 rings (SSSR count). The lowest BCUT2D eigenvalue weighted by atomic mass is 10.1. The highest BCUT2D eigenvalue weighted by Crippen LogP contribution is 2.12. The third-order valence-corrected chi connectivity index (χ3v) is 11.9. The molecule has 0 aliphatic carbocycles. The van der Waals surface area contributed by atoms with E-state index in [9.17, 15) is 14.4 Å². The third-order valence-electron chi connectivity index (χ3n) is 11.9. The summed E-state index contributed by atoms with van der Waals surface area (Å²) in [5.74, 6) is -1.02. The van der Waals surface area contributed by atoms with Crippen LogP contribution in [0.25, 0.3) is 0 Å². The maximum absolute atomic E-state index is 12.9. The van der Waals surface area contributed by atoms with E-state index >= 15 is 0 Å². The van der Waals surface area contributed by atoms with Crippen molar-refractivity contribution in [2.75, 3.05) is 13.2 Å². The van der Waals surface area contributed by atoms with E-state index in [-0.39, 0.29) is 44.0 Å². The number of ether oxygens (including phenoxy) is 3. The molecule has 0 aromatic carbocycles. The highest BCUT2D eigenvalue weighted by molar-refractivity contribution is 5.71. The molecule has 6 heteroatoms. The molecule has 0 heterocycles. The second kappa shape index (κ2) is 63.0. The minimum absolute atomic E-state index is 0.123. The molecule has 0 fully saturated rings. The number of carbonyl (C=O) groups is 3. The fourth-order valence-electron chi connectivity index (χ4n) is 7.46. The van der Waals surface area contributed by atoms with Crippen LogP contribution in [0.5, 0.6) is 0 Å². The van der Waals surface area contributed by atoms with E-state index < -0.39 is 6.10 Å². The number of hydrogen-bond acceptors (Lipinski definition) is 6. The first-order valence-corrected chi connectivity index (χ1v) is 30.3. The number of carbonyl (C=O) groups excluding carboxylic acids is 3. The van der Waals surface area contributed by atoms with Gasteiger partial charge in [0.1, 0.15) is 13.2 Å². The van der Waals surface area contributed by atoms with Crippen LogP contribution >= 0.6 is 0 Å². The molecule has 0 aliphatic heterocycles. The van der Waals surface area contributed by atoms with Gasteiger partial charge in [-0.15, -0.1) is 0 Å². The summed E-state index contributed by atoms with van der Waals surface area (Å²) in [6, 6.07) is 0. The predicted octanol–water partition coefficient (Wildman–Crippen LogP) is 20.9. The molecule has 0 aliphatic rings. The largest absolute Gasteiger partial charge is 0.462 e. The Bertz CT molecular complexity index is 1840. The number of unbranched alkanes of at least 4 members (excludes halogenated alkanes) is 11. The minimum Gasteiger partial charge on any atom is -0.462 e. The molecule has 0 N–H and O–H groups in total. The lowest BCUT2D eigenvalue weighted by Gasteiger charge is -2.18. The number of allylic oxidation sites excluding steroid dienone is 30. The molecule has 428 valence electrons. The normalized spacial score (nSPS) is 13.4. The molecule has 6 nitrogen and oxygen atoms in total. The molecule has 0 bridgehead atoms. The highest BCUT2D eigenvalue weighted by Gasteiger charge is 2.19. The van der Waals surface area contributed by atoms with Crippen LogP contribution in [0.3, 0.4) is 0 Å². The third kappa shape index (κ3) is 61.2. The SMILES string of the molecule is CC/C=C\C/C=C\C/C=C\C/C=C\C/C=C\C/C=C\CCCCC(=O)OCC(COC(=O)CCCCCCCC/C=C\C/C=C\C/C=C\C/C=C\CC)OC(=O)CCCCC/C=C\C/C=C\C/C=C\C/C=C\C/C=C\CC. The first-order valence-electron chi connectivity index (χ1n) is 30.3. The predicted molar refractivity (Wildman–Crippen MR) is 334 cm³/mol. The van der Waals surface area contributed by atoms with Gasteiger partial charge in [0.2, 0.25) is 0 Å². The van der Waals surface area contributed by atoms with Crippen LogP contribution in [-0.4, -0.2) is 37.2 Å². The average molecular weight is 1060 g/mol. The van der Waals surface area contributed by atoms with Gasteiger partial charge in [-0.25, -0.2) is 0 Å². The lowest BCUT2D eigenvalue weighted by molar-refractivity contribution is -0.167. The lowest BCUT2D eigenvalue weighted by Crippen LogP contribution is -2.30. The van der Waals surface area contributed by atoms with Gasteiger partial charge in [-0.3, -0.25) is 14.4 Å². The van der Waals surface area contributed by atoms with Crippen LogP contribution in [0.1, 0.15) is 226 Å². The van der Waals surface area contributed by atoms with Gasteiger partial charge in [0, 0.05) is 19.3 Å². The van der Waals surface area contributed by atoms with Gasteiger partial charge in [-0.1, -0.05) is 235 Å². The second-order valence-corrected chi connectivity index (χ2v) is 19.1. The van der Waals surface area contributed by atoms with Crippen molar-refractivity contribution in [3.05, 3.63) is 182 Å². The maximum atomic E-state index is 12.9. The van der Waals surface area contributed by atoms with Gasteiger partial charge >= 0.3 is 17.9 Å². The van der Waals surface area contributed by atoms with E-state index in [1.54, 1.807) is 0 Å². The van der Waals surface area contributed by atoms with Crippen LogP contribution in [-0.2, 0) is 28.6 Å². The van der Waals surface area contributed by atoms with Crippen molar-refractivity contribution in [1.29, 1.82) is 0 Å². The molecule has 0 amide bonds. The summed E-state index contributed by atoms with van der Waals surface area (Å²) in [6.07, 6.45) is 94.5. The summed E-state index contributed by atoms with van der Waals surface area (Å²) in [5.41, 5.74) is 0. The van der Waals surface area contributed by atoms with Crippen LogP contribution in [0.4, 0.5) is 0 Å². The van der Waals surface area contributed by atoms with Gasteiger partial charge in [0.05, 0.1) is 0 Å². The van der Waals surface area contributed by atoms with Crippen LogP contribution in [0, 0.1) is 0 Å². The summed E-state index contributed by atoms with van der Waals surface area (Å²) in [4.78, 5) is 38.3. The van der Waals surface area contributed by atoms with Crippen molar-refractivity contribution in [3.8, 4) is 0 Å². The smallest absolute Gasteiger partial charge is 0.306 e. The molecule has 0 spiro atoms. The van der Waals surface area contributed by atoms with Crippen molar-refractivity contribution in [2.45, 2.75) is 232 Å². The Morgan fingerprint density at radius 1 is 0.260 bits per heavy atom. The molecule has 1 atom stereocenters. The van der Waals surface area contributed by atoms with Gasteiger partial charge < -0.3 is 14.2 Å². The van der Waals surface area contributed by atoms with E-state index in [4.69, 9.17) is 14.2 Å². The molecule has 0 aromatic rings. The molecule has 0 aromatic heterocycles. The van der Waals surface area contributed by atoms with Gasteiger partial charge in [-0.2, -0.15) is 0 Å². The molecule has 1 unspecified atom stereocenters. The Morgan fingerprint density at radius 2 is 0.468 bits per heavy atom. The highest BCUT2D eigenvalue weighted by atomic mass is 16.6. The maximum Gasteiger partial charge on any atom is 0.306 e. The van der Waals surface area contributed by atoms with Gasteiger partial charge in [0.25, 0.3) is 0 Å². The minimum atomic E-state index is -0.833. The van der Waals surface area contributed by atoms with E-state index in [1.165, 1.54) is 12.8 Å². The summed E-state index contributed by atoms with van der Waals surface area (Å²) in [6.45, 7) is 6.21. The Morgan fingerprint density at radius 3 is 0.766 bits per heavy atom. The van der Waals surface area contributed by atoms with Gasteiger partial charge in [-0.05, 0) is 154 Å². The van der Waals surface area contributed by atoms with Crippen LogP contribution in [0.2, 0.25) is 0 Å². The zero-order valence-corrected chi connectivity index (χ0v) is 48.9. The van der Waals surface area contributed by atoms with Gasteiger partial charge in [0.15, 0.2) is 6.10 Å². The summed E-state index contributed by atoms with van der Waals surface area (Å²) < 4.78 is 16.8. The average Bonchev–Trinajstić information content (AvgIpc) is 3.43. The quantitative estimate of drug-likeness (QED) is 0.0261. The van der Waals surface area contributed by atoms with E-state index in [0.29, 0.717) is 19.3 Å². The molecule has 0 saturated heterocycles.